The smallest absolute Gasteiger partial charge is 0.421 e. The summed E-state index contributed by atoms with van der Waals surface area (Å²) in [5.41, 5.74) is 0.446. The third-order valence-corrected chi connectivity index (χ3v) is 8.99. The molecule has 7 rings (SSSR count). The summed E-state index contributed by atoms with van der Waals surface area (Å²) in [4.78, 5) is 57.4. The van der Waals surface area contributed by atoms with Crippen molar-refractivity contribution in [2.24, 2.45) is 5.92 Å². The number of amides is 2. The molecule has 2 aliphatic heterocycles. The molecule has 0 saturated carbocycles. The van der Waals surface area contributed by atoms with E-state index in [1.54, 1.807) is 53.7 Å². The Labute approximate surface area is 262 Å². The van der Waals surface area contributed by atoms with Crippen LogP contribution in [0.2, 0.25) is 0 Å². The zero-order valence-electron chi connectivity index (χ0n) is 26.5. The highest BCUT2D eigenvalue weighted by molar-refractivity contribution is 6.24. The first-order valence-electron chi connectivity index (χ1n) is 15.2. The normalized spacial score (nSPS) is 23.8. The van der Waals surface area contributed by atoms with E-state index in [2.05, 4.69) is 0 Å². The van der Waals surface area contributed by atoms with Crippen LogP contribution in [0.15, 0.2) is 72.8 Å². The van der Waals surface area contributed by atoms with E-state index >= 15 is 4.79 Å². The number of benzene rings is 3. The molecule has 0 N–H and O–H groups in total. The van der Waals surface area contributed by atoms with Crippen LogP contribution in [0.5, 0.6) is 0 Å². The molecule has 2 amide bonds. The Bertz CT molecular complexity index is 1920. The van der Waals surface area contributed by atoms with Gasteiger partial charge < -0.3 is 9.47 Å². The first-order valence-corrected chi connectivity index (χ1v) is 15.2. The molecule has 0 bridgehead atoms. The van der Waals surface area contributed by atoms with Crippen LogP contribution in [0, 0.1) is 5.92 Å². The highest BCUT2D eigenvalue weighted by Gasteiger charge is 2.78. The SMILES string of the molecule is CN1C[C@H](C(=O)OC(C)(C)C)[C@@]2(C(=O)N(C(=O)OC(C)(C)C)c3ccccc32)[C@]12c1ccccc1-c1nc3ccccc3nc12. The van der Waals surface area contributed by atoms with E-state index in [1.807, 2.05) is 72.6 Å². The van der Waals surface area contributed by atoms with Crippen LogP contribution in [-0.2, 0) is 30.0 Å². The highest BCUT2D eigenvalue weighted by atomic mass is 16.6. The van der Waals surface area contributed by atoms with Gasteiger partial charge in [-0.3, -0.25) is 14.5 Å². The summed E-state index contributed by atoms with van der Waals surface area (Å²) in [7, 11) is 1.90. The number of likely N-dealkylation sites (N-methyl/N-ethyl adjacent to an activating group) is 1. The van der Waals surface area contributed by atoms with Crippen LogP contribution < -0.4 is 4.90 Å². The quantitative estimate of drug-likeness (QED) is 0.245. The van der Waals surface area contributed by atoms with Gasteiger partial charge in [-0.05, 0) is 77.9 Å². The molecule has 3 aliphatic rings. The number of esters is 1. The van der Waals surface area contributed by atoms with Crippen LogP contribution in [-0.4, -0.2) is 57.6 Å². The summed E-state index contributed by atoms with van der Waals surface area (Å²) < 4.78 is 11.9. The fourth-order valence-corrected chi connectivity index (χ4v) is 7.66. The molecule has 1 fully saturated rings. The number of carbonyl (C=O) groups excluding carboxylic acids is 3. The number of carbonyl (C=O) groups is 3. The molecule has 1 aliphatic carbocycles. The second kappa shape index (κ2) is 9.44. The van der Waals surface area contributed by atoms with Crippen LogP contribution >= 0.6 is 0 Å². The van der Waals surface area contributed by atoms with Gasteiger partial charge in [-0.15, -0.1) is 0 Å². The zero-order chi connectivity index (χ0) is 32.1. The second-order valence-electron chi connectivity index (χ2n) is 14.1. The number of hydrogen-bond acceptors (Lipinski definition) is 8. The molecule has 3 atom stereocenters. The molecule has 0 unspecified atom stereocenters. The Balaban J connectivity index is 1.61. The zero-order valence-corrected chi connectivity index (χ0v) is 26.5. The molecule has 1 saturated heterocycles. The minimum atomic E-state index is -1.66. The molecule has 45 heavy (non-hydrogen) atoms. The van der Waals surface area contributed by atoms with E-state index in [4.69, 9.17) is 19.4 Å². The number of nitrogens with zero attached hydrogens (tertiary/aromatic N) is 4. The van der Waals surface area contributed by atoms with Crippen molar-refractivity contribution in [3.05, 3.63) is 89.6 Å². The maximum atomic E-state index is 15.5. The molecule has 3 heterocycles. The molecule has 9 heteroatoms. The van der Waals surface area contributed by atoms with Gasteiger partial charge in [0.1, 0.15) is 22.2 Å². The van der Waals surface area contributed by atoms with E-state index in [9.17, 15) is 9.59 Å². The van der Waals surface area contributed by atoms with Gasteiger partial charge in [0.25, 0.3) is 5.91 Å². The average Bonchev–Trinajstić information content (AvgIpc) is 3.51. The van der Waals surface area contributed by atoms with Gasteiger partial charge in [0, 0.05) is 12.1 Å². The summed E-state index contributed by atoms with van der Waals surface area (Å²) in [5.74, 6) is -2.09. The molecule has 230 valence electrons. The lowest BCUT2D eigenvalue weighted by Crippen LogP contribution is -2.61. The lowest BCUT2D eigenvalue weighted by Gasteiger charge is -2.45. The summed E-state index contributed by atoms with van der Waals surface area (Å²) in [5, 5.41) is 0. The first kappa shape index (κ1) is 29.1. The largest absolute Gasteiger partial charge is 0.460 e. The molecule has 1 aromatic heterocycles. The monoisotopic (exact) mass is 604 g/mol. The Morgan fingerprint density at radius 2 is 1.38 bits per heavy atom. The van der Waals surface area contributed by atoms with Gasteiger partial charge >= 0.3 is 12.1 Å². The number of hydrogen-bond donors (Lipinski definition) is 0. The Morgan fingerprint density at radius 1 is 0.800 bits per heavy atom. The lowest BCUT2D eigenvalue weighted by molar-refractivity contribution is -0.163. The first-order chi connectivity index (χ1) is 21.2. The molecule has 4 aromatic rings. The predicted octanol–water partition coefficient (Wildman–Crippen LogP) is 5.98. The van der Waals surface area contributed by atoms with Crippen LogP contribution in [0.25, 0.3) is 22.3 Å². The summed E-state index contributed by atoms with van der Waals surface area (Å²) in [6, 6.07) is 22.6. The number of para-hydroxylation sites is 3. The summed E-state index contributed by atoms with van der Waals surface area (Å²) in [6.07, 6.45) is -0.805. The van der Waals surface area contributed by atoms with Crippen LogP contribution in [0.1, 0.15) is 58.4 Å². The van der Waals surface area contributed by atoms with Crippen molar-refractivity contribution >= 4 is 34.7 Å². The number of likely N-dealkylation sites (tertiary alicyclic amines) is 1. The van der Waals surface area contributed by atoms with Crippen molar-refractivity contribution in [1.82, 2.24) is 14.9 Å². The number of imide groups is 1. The van der Waals surface area contributed by atoms with Crippen molar-refractivity contribution in [3.63, 3.8) is 0 Å². The fraction of sp³-hybridized carbons (Fsp3) is 0.361. The van der Waals surface area contributed by atoms with Crippen molar-refractivity contribution in [2.75, 3.05) is 18.5 Å². The van der Waals surface area contributed by atoms with E-state index in [1.165, 1.54) is 0 Å². The standard InChI is InChI=1S/C36H36N4O5/c1-33(2,3)44-30(41)24-20-39(7)36(22-15-9-8-14-21(22)28-29(36)38-26-18-12-11-17-25(26)37-28)35(24)23-16-10-13-19-27(23)40(31(35)42)32(43)45-34(4,5)6/h8-19,24H,20H2,1-7H3/t24-,35+,36-/m1/s1. The molecule has 9 nitrogen and oxygen atoms in total. The number of ether oxygens (including phenoxy) is 2. The van der Waals surface area contributed by atoms with Gasteiger partial charge in [-0.1, -0.05) is 54.6 Å². The molecule has 2 spiro atoms. The van der Waals surface area contributed by atoms with Crippen molar-refractivity contribution < 1.29 is 23.9 Å². The van der Waals surface area contributed by atoms with Crippen LogP contribution in [0.4, 0.5) is 10.5 Å². The minimum Gasteiger partial charge on any atom is -0.460 e. The van der Waals surface area contributed by atoms with E-state index in [0.29, 0.717) is 28.2 Å². The fourth-order valence-electron chi connectivity index (χ4n) is 7.66. The average molecular weight is 605 g/mol. The molecule has 3 aromatic carbocycles. The highest BCUT2D eigenvalue weighted by Crippen LogP contribution is 2.68. The second-order valence-corrected chi connectivity index (χ2v) is 14.1. The number of aromatic nitrogens is 2. The maximum absolute atomic E-state index is 15.5. The Hall–Kier alpha value is -4.63. The van der Waals surface area contributed by atoms with Crippen molar-refractivity contribution in [1.29, 1.82) is 0 Å². The van der Waals surface area contributed by atoms with Gasteiger partial charge in [-0.2, -0.15) is 0 Å². The molecular weight excluding hydrogens is 568 g/mol. The third kappa shape index (κ3) is 3.86. The third-order valence-electron chi connectivity index (χ3n) is 8.99. The lowest BCUT2D eigenvalue weighted by atomic mass is 9.59. The van der Waals surface area contributed by atoms with E-state index in [0.717, 1.165) is 21.5 Å². The molecular formula is C36H36N4O5. The van der Waals surface area contributed by atoms with Crippen molar-refractivity contribution in [3.8, 4) is 11.3 Å². The van der Waals surface area contributed by atoms with E-state index < -0.39 is 46.0 Å². The topological polar surface area (TPSA) is 102 Å². The van der Waals surface area contributed by atoms with Crippen molar-refractivity contribution in [2.45, 2.75) is 63.7 Å². The molecule has 0 radical (unpaired) electrons. The number of fused-ring (bicyclic) bond motifs is 9. The predicted molar refractivity (Wildman–Crippen MR) is 170 cm³/mol. The Morgan fingerprint density at radius 3 is 2.04 bits per heavy atom. The number of anilines is 1. The van der Waals surface area contributed by atoms with Crippen LogP contribution in [0.3, 0.4) is 0 Å². The van der Waals surface area contributed by atoms with Gasteiger partial charge in [0.15, 0.2) is 0 Å². The minimum absolute atomic E-state index is 0.166. The van der Waals surface area contributed by atoms with Gasteiger partial charge in [0.05, 0.1) is 34.0 Å². The summed E-state index contributed by atoms with van der Waals surface area (Å²) >= 11 is 0. The van der Waals surface area contributed by atoms with Gasteiger partial charge in [-0.25, -0.2) is 19.7 Å². The van der Waals surface area contributed by atoms with E-state index in [-0.39, 0.29) is 6.54 Å². The summed E-state index contributed by atoms with van der Waals surface area (Å²) in [6.45, 7) is 10.9. The number of rotatable bonds is 1. The maximum Gasteiger partial charge on any atom is 0.421 e. The Kier molecular flexibility index (Phi) is 6.10. The van der Waals surface area contributed by atoms with Gasteiger partial charge in [0.2, 0.25) is 0 Å².